The van der Waals surface area contributed by atoms with Crippen LogP contribution in [-0.4, -0.2) is 43.3 Å². The zero-order chi connectivity index (χ0) is 25.1. The Bertz CT molecular complexity index is 1430. The average Bonchev–Trinajstić information content (AvgIpc) is 3.32. The van der Waals surface area contributed by atoms with Gasteiger partial charge in [-0.2, -0.15) is 0 Å². The molecule has 1 aliphatic heterocycles. The molecule has 4 aromatic rings. The first-order valence-electron chi connectivity index (χ1n) is 12.0. The number of likely N-dealkylation sites (N-methyl/N-ethyl adjacent to an activating group) is 1. The van der Waals surface area contributed by atoms with Crippen LogP contribution < -0.4 is 15.5 Å². The van der Waals surface area contributed by atoms with Gasteiger partial charge in [-0.15, -0.1) is 11.3 Å². The molecule has 2 amide bonds. The van der Waals surface area contributed by atoms with E-state index in [-0.39, 0.29) is 18.2 Å². The van der Waals surface area contributed by atoms with Gasteiger partial charge in [0.05, 0.1) is 18.7 Å². The Labute approximate surface area is 214 Å². The van der Waals surface area contributed by atoms with Gasteiger partial charge in [0.1, 0.15) is 12.2 Å². The van der Waals surface area contributed by atoms with Crippen LogP contribution >= 0.6 is 11.3 Å². The lowest BCUT2D eigenvalue weighted by Gasteiger charge is -2.24. The largest absolute Gasteiger partial charge is 0.370 e. The molecule has 5 rings (SSSR count). The first kappa shape index (κ1) is 23.8. The zero-order valence-corrected chi connectivity index (χ0v) is 21.1. The second-order valence-electron chi connectivity index (χ2n) is 8.98. The van der Waals surface area contributed by atoms with Crippen molar-refractivity contribution in [3.8, 4) is 0 Å². The molecule has 0 radical (unpaired) electrons. The third kappa shape index (κ3) is 5.02. The van der Waals surface area contributed by atoms with E-state index in [1.165, 1.54) is 0 Å². The number of aliphatic imine (C=N–C) groups is 1. The minimum absolute atomic E-state index is 0.185. The first-order chi connectivity index (χ1) is 17.5. The summed E-state index contributed by atoms with van der Waals surface area (Å²) < 4.78 is 1.15. The molecule has 0 spiro atoms. The molecule has 0 aliphatic carbocycles. The number of nitrogens with zero attached hydrogens (tertiary/aromatic N) is 2. The number of anilines is 1. The van der Waals surface area contributed by atoms with Gasteiger partial charge < -0.3 is 15.5 Å². The van der Waals surface area contributed by atoms with E-state index in [2.05, 4.69) is 27.7 Å². The Balaban J connectivity index is 1.30. The quantitative estimate of drug-likeness (QED) is 0.416. The van der Waals surface area contributed by atoms with E-state index in [0.29, 0.717) is 6.54 Å². The second kappa shape index (κ2) is 10.3. The van der Waals surface area contributed by atoms with Crippen LogP contribution in [-0.2, 0) is 16.0 Å². The van der Waals surface area contributed by atoms with Gasteiger partial charge in [0, 0.05) is 28.6 Å². The van der Waals surface area contributed by atoms with Crippen molar-refractivity contribution in [2.45, 2.75) is 25.6 Å². The highest BCUT2D eigenvalue weighted by molar-refractivity contribution is 7.17. The minimum Gasteiger partial charge on any atom is -0.370 e. The summed E-state index contributed by atoms with van der Waals surface area (Å²) in [4.78, 5) is 32.9. The summed E-state index contributed by atoms with van der Waals surface area (Å²) >= 11 is 1.65. The predicted molar refractivity (Wildman–Crippen MR) is 147 cm³/mol. The van der Waals surface area contributed by atoms with Gasteiger partial charge >= 0.3 is 0 Å². The molecule has 0 unspecified atom stereocenters. The maximum absolute atomic E-state index is 13.1. The first-order valence-corrected chi connectivity index (χ1v) is 12.9. The van der Waals surface area contributed by atoms with E-state index >= 15 is 0 Å². The summed E-state index contributed by atoms with van der Waals surface area (Å²) in [6.45, 7) is 2.22. The van der Waals surface area contributed by atoms with E-state index in [1.54, 1.807) is 18.3 Å². The fraction of sp³-hybridized carbons (Fsp3) is 0.207. The van der Waals surface area contributed by atoms with Crippen molar-refractivity contribution < 1.29 is 9.59 Å². The Morgan fingerprint density at radius 1 is 1.03 bits per heavy atom. The fourth-order valence-electron chi connectivity index (χ4n) is 4.57. The van der Waals surface area contributed by atoms with Crippen LogP contribution in [0.5, 0.6) is 0 Å². The summed E-state index contributed by atoms with van der Waals surface area (Å²) in [7, 11) is 2.00. The van der Waals surface area contributed by atoms with Crippen molar-refractivity contribution in [1.82, 2.24) is 10.6 Å². The number of carbonyl (C=O) groups is 2. The standard InChI is InChI=1S/C29H28N4O2S/c1-19(30-27(34)17-21-11-8-14-25-22(21)15-16-36-25)29(35)32-26-18-33(2)24-13-7-6-12-23(24)28(31-26)20-9-4-3-5-10-20/h3-16,19,26H,17-18H2,1-2H3,(H,30,34)(H,32,35)/t19-,26+/m0/s1. The minimum atomic E-state index is -0.689. The van der Waals surface area contributed by atoms with E-state index in [0.717, 1.165) is 38.2 Å². The molecule has 182 valence electrons. The van der Waals surface area contributed by atoms with Crippen LogP contribution in [0.25, 0.3) is 10.1 Å². The van der Waals surface area contributed by atoms with Crippen LogP contribution in [0.2, 0.25) is 0 Å². The molecule has 1 aliphatic rings. The Morgan fingerprint density at radius 3 is 2.64 bits per heavy atom. The van der Waals surface area contributed by atoms with E-state index in [9.17, 15) is 9.59 Å². The number of fused-ring (bicyclic) bond motifs is 2. The third-order valence-corrected chi connectivity index (χ3v) is 7.25. The van der Waals surface area contributed by atoms with Gasteiger partial charge in [0.25, 0.3) is 0 Å². The normalized spacial score (nSPS) is 16.0. The van der Waals surface area contributed by atoms with Crippen LogP contribution in [0.4, 0.5) is 5.69 Å². The number of hydrogen-bond acceptors (Lipinski definition) is 5. The highest BCUT2D eigenvalue weighted by Gasteiger charge is 2.25. The smallest absolute Gasteiger partial charge is 0.243 e. The van der Waals surface area contributed by atoms with Crippen molar-refractivity contribution in [3.63, 3.8) is 0 Å². The van der Waals surface area contributed by atoms with Gasteiger partial charge in [-0.1, -0.05) is 60.7 Å². The lowest BCUT2D eigenvalue weighted by molar-refractivity contribution is -0.128. The van der Waals surface area contributed by atoms with E-state index < -0.39 is 12.2 Å². The summed E-state index contributed by atoms with van der Waals surface area (Å²) in [5.74, 6) is -0.451. The van der Waals surface area contributed by atoms with Gasteiger partial charge in [-0.25, -0.2) is 0 Å². The Kier molecular flexibility index (Phi) is 6.82. The number of rotatable bonds is 6. The van der Waals surface area contributed by atoms with Crippen molar-refractivity contribution >= 4 is 44.6 Å². The Hall–Kier alpha value is -3.97. The summed E-state index contributed by atoms with van der Waals surface area (Å²) in [5, 5.41) is 8.99. The van der Waals surface area contributed by atoms with Crippen LogP contribution in [0.15, 0.2) is 89.2 Å². The molecule has 0 saturated carbocycles. The van der Waals surface area contributed by atoms with Gasteiger partial charge in [-0.05, 0) is 41.5 Å². The topological polar surface area (TPSA) is 73.8 Å². The maximum Gasteiger partial charge on any atom is 0.243 e. The third-order valence-electron chi connectivity index (χ3n) is 6.37. The number of nitrogens with one attached hydrogen (secondary N) is 2. The molecular formula is C29H28N4O2S. The molecule has 0 fully saturated rings. The fourth-order valence-corrected chi connectivity index (χ4v) is 5.40. The number of amides is 2. The lowest BCUT2D eigenvalue weighted by Crippen LogP contribution is -2.50. The maximum atomic E-state index is 13.1. The molecule has 0 saturated heterocycles. The van der Waals surface area contributed by atoms with Crippen molar-refractivity contribution in [3.05, 3.63) is 101 Å². The monoisotopic (exact) mass is 496 g/mol. The van der Waals surface area contributed by atoms with E-state index in [1.807, 2.05) is 79.2 Å². The number of hydrogen-bond donors (Lipinski definition) is 2. The number of para-hydroxylation sites is 1. The highest BCUT2D eigenvalue weighted by atomic mass is 32.1. The van der Waals surface area contributed by atoms with Gasteiger partial charge in [0.15, 0.2) is 0 Å². The molecule has 6 nitrogen and oxygen atoms in total. The van der Waals surface area contributed by atoms with Crippen LogP contribution in [0, 0.1) is 0 Å². The van der Waals surface area contributed by atoms with Crippen molar-refractivity contribution in [2.75, 3.05) is 18.5 Å². The van der Waals surface area contributed by atoms with Crippen LogP contribution in [0.3, 0.4) is 0 Å². The van der Waals surface area contributed by atoms with Crippen molar-refractivity contribution in [2.24, 2.45) is 4.99 Å². The lowest BCUT2D eigenvalue weighted by atomic mass is 10.0. The Morgan fingerprint density at radius 2 is 1.81 bits per heavy atom. The molecular weight excluding hydrogens is 468 g/mol. The van der Waals surface area contributed by atoms with Gasteiger partial charge in [-0.3, -0.25) is 14.6 Å². The molecule has 36 heavy (non-hydrogen) atoms. The SMILES string of the molecule is C[C@H](NC(=O)Cc1cccc2sccc12)C(=O)N[C@@H]1CN(C)c2ccccc2C(c2ccccc2)=N1. The molecule has 2 atom stereocenters. The zero-order valence-electron chi connectivity index (χ0n) is 20.3. The molecule has 7 heteroatoms. The predicted octanol–water partition coefficient (Wildman–Crippen LogP) is 4.38. The number of thiophene rings is 1. The summed E-state index contributed by atoms with van der Waals surface area (Å²) in [6, 6.07) is 25.4. The van der Waals surface area contributed by atoms with Crippen molar-refractivity contribution in [1.29, 1.82) is 0 Å². The molecule has 1 aromatic heterocycles. The number of benzene rings is 3. The number of carbonyl (C=O) groups excluding carboxylic acids is 2. The molecule has 2 heterocycles. The molecule has 2 N–H and O–H groups in total. The highest BCUT2D eigenvalue weighted by Crippen LogP contribution is 2.27. The van der Waals surface area contributed by atoms with Gasteiger partial charge in [0.2, 0.25) is 11.8 Å². The summed E-state index contributed by atoms with van der Waals surface area (Å²) in [6.07, 6.45) is -0.243. The second-order valence-corrected chi connectivity index (χ2v) is 9.93. The molecule has 0 bridgehead atoms. The van der Waals surface area contributed by atoms with E-state index in [4.69, 9.17) is 4.99 Å². The average molecular weight is 497 g/mol. The summed E-state index contributed by atoms with van der Waals surface area (Å²) in [5.41, 5.74) is 4.86. The van der Waals surface area contributed by atoms with Crippen LogP contribution in [0.1, 0.15) is 23.6 Å². The number of benzodiazepines with no additional fused rings is 1. The molecule has 3 aromatic carbocycles.